The fraction of sp³-hybridized carbons (Fsp3) is 0.619. The first-order valence-corrected chi connectivity index (χ1v) is 9.54. The number of fused-ring (bicyclic) bond motifs is 1. The fourth-order valence-corrected chi connectivity index (χ4v) is 3.72. The molecule has 1 aromatic rings. The average molecular weight is 342 g/mol. The molecule has 1 N–H and O–H groups in total. The second-order valence-electron chi connectivity index (χ2n) is 8.34. The number of alkyl carbamates (subject to hydrolysis) is 1. The standard InChI is InChI=1S/C21H30N2O2/c1-21(2,3)25-20(24)23-18-10-7-15(8-11-18)14-22-19-12-9-16-5-4-6-17(16)13-19/h9,12-15,18H,4-8,10-11H2,1-3H3,(H,23,24)/b22-14+. The average Bonchev–Trinajstić information content (AvgIpc) is 3.00. The van der Waals surface area contributed by atoms with Gasteiger partial charge in [-0.05, 0) is 94.9 Å². The number of aryl methyl sites for hydroxylation is 2. The summed E-state index contributed by atoms with van der Waals surface area (Å²) in [6, 6.07) is 6.83. The normalized spacial score (nSPS) is 23.5. The number of hydrogen-bond acceptors (Lipinski definition) is 3. The van der Waals surface area contributed by atoms with Crippen LogP contribution in [0.5, 0.6) is 0 Å². The van der Waals surface area contributed by atoms with Gasteiger partial charge in [0.2, 0.25) is 0 Å². The predicted molar refractivity (Wildman–Crippen MR) is 102 cm³/mol. The van der Waals surface area contributed by atoms with Crippen LogP contribution in [-0.4, -0.2) is 24.0 Å². The lowest BCUT2D eigenvalue weighted by atomic mass is 9.87. The van der Waals surface area contributed by atoms with Crippen LogP contribution < -0.4 is 5.32 Å². The Balaban J connectivity index is 1.45. The Morgan fingerprint density at radius 1 is 1.16 bits per heavy atom. The van der Waals surface area contributed by atoms with Crippen molar-refractivity contribution in [2.75, 3.05) is 0 Å². The minimum atomic E-state index is -0.441. The highest BCUT2D eigenvalue weighted by Gasteiger charge is 2.24. The lowest BCUT2D eigenvalue weighted by Crippen LogP contribution is -2.41. The molecule has 0 radical (unpaired) electrons. The van der Waals surface area contributed by atoms with Gasteiger partial charge in [0.05, 0.1) is 5.69 Å². The van der Waals surface area contributed by atoms with Crippen LogP contribution in [-0.2, 0) is 17.6 Å². The van der Waals surface area contributed by atoms with Gasteiger partial charge < -0.3 is 10.1 Å². The number of ether oxygens (including phenoxy) is 1. The zero-order valence-electron chi connectivity index (χ0n) is 15.7. The van der Waals surface area contributed by atoms with E-state index in [1.165, 1.54) is 30.4 Å². The number of aliphatic imine (C=N–C) groups is 1. The lowest BCUT2D eigenvalue weighted by Gasteiger charge is -2.28. The Morgan fingerprint density at radius 2 is 1.88 bits per heavy atom. The van der Waals surface area contributed by atoms with Crippen LogP contribution in [0.2, 0.25) is 0 Å². The van der Waals surface area contributed by atoms with Crippen molar-refractivity contribution in [2.24, 2.45) is 10.9 Å². The molecule has 1 fully saturated rings. The number of amides is 1. The lowest BCUT2D eigenvalue weighted by molar-refractivity contribution is 0.0491. The van der Waals surface area contributed by atoms with Crippen molar-refractivity contribution < 1.29 is 9.53 Å². The van der Waals surface area contributed by atoms with E-state index in [1.54, 1.807) is 0 Å². The van der Waals surface area contributed by atoms with Crippen LogP contribution in [0.1, 0.15) is 64.0 Å². The summed E-state index contributed by atoms with van der Waals surface area (Å²) in [6.45, 7) is 5.66. The molecule has 0 spiro atoms. The second kappa shape index (κ2) is 7.59. The molecular formula is C21H30N2O2. The molecular weight excluding hydrogens is 312 g/mol. The molecule has 4 heteroatoms. The number of nitrogens with one attached hydrogen (secondary N) is 1. The number of carbonyl (C=O) groups excluding carboxylic acids is 1. The summed E-state index contributed by atoms with van der Waals surface area (Å²) in [7, 11) is 0. The fourth-order valence-electron chi connectivity index (χ4n) is 3.72. The van der Waals surface area contributed by atoms with E-state index in [1.807, 2.05) is 20.8 Å². The number of carbonyl (C=O) groups is 1. The topological polar surface area (TPSA) is 50.7 Å². The molecule has 136 valence electrons. The van der Waals surface area contributed by atoms with Crippen molar-refractivity contribution in [1.82, 2.24) is 5.32 Å². The van der Waals surface area contributed by atoms with Gasteiger partial charge in [-0.3, -0.25) is 4.99 Å². The number of rotatable bonds is 3. The van der Waals surface area contributed by atoms with Gasteiger partial charge in [0.25, 0.3) is 0 Å². The summed E-state index contributed by atoms with van der Waals surface area (Å²) in [6.07, 6.45) is 9.60. The van der Waals surface area contributed by atoms with Crippen molar-refractivity contribution in [3.8, 4) is 0 Å². The molecule has 1 saturated carbocycles. The SMILES string of the molecule is CC(C)(C)OC(=O)NC1CCC(/C=N/c2ccc3c(c2)CCC3)CC1. The van der Waals surface area contributed by atoms with E-state index in [-0.39, 0.29) is 12.1 Å². The highest BCUT2D eigenvalue weighted by Crippen LogP contribution is 2.28. The predicted octanol–water partition coefficient (Wildman–Crippen LogP) is 4.96. The molecule has 0 bridgehead atoms. The third-order valence-electron chi connectivity index (χ3n) is 5.01. The van der Waals surface area contributed by atoms with Crippen LogP contribution >= 0.6 is 0 Å². The van der Waals surface area contributed by atoms with E-state index in [0.29, 0.717) is 5.92 Å². The zero-order chi connectivity index (χ0) is 17.9. The van der Waals surface area contributed by atoms with Gasteiger partial charge in [-0.2, -0.15) is 0 Å². The van der Waals surface area contributed by atoms with E-state index in [2.05, 4.69) is 29.7 Å². The quantitative estimate of drug-likeness (QED) is 0.789. The van der Waals surface area contributed by atoms with Crippen LogP contribution in [0.15, 0.2) is 23.2 Å². The number of benzene rings is 1. The Labute approximate surface area is 151 Å². The zero-order valence-corrected chi connectivity index (χ0v) is 15.7. The maximum Gasteiger partial charge on any atom is 0.407 e. The first kappa shape index (κ1) is 18.0. The summed E-state index contributed by atoms with van der Waals surface area (Å²) in [4.78, 5) is 16.6. The summed E-state index contributed by atoms with van der Waals surface area (Å²) < 4.78 is 5.33. The van der Waals surface area contributed by atoms with Gasteiger partial charge in [-0.25, -0.2) is 4.79 Å². The molecule has 0 aromatic heterocycles. The summed E-state index contributed by atoms with van der Waals surface area (Å²) in [5.74, 6) is 0.505. The monoisotopic (exact) mass is 342 g/mol. The van der Waals surface area contributed by atoms with Gasteiger partial charge in [-0.15, -0.1) is 0 Å². The minimum Gasteiger partial charge on any atom is -0.444 e. The third kappa shape index (κ3) is 5.32. The molecule has 25 heavy (non-hydrogen) atoms. The number of hydrogen-bond donors (Lipinski definition) is 1. The highest BCUT2D eigenvalue weighted by molar-refractivity contribution is 5.68. The summed E-state index contributed by atoms with van der Waals surface area (Å²) in [5, 5.41) is 2.99. The third-order valence-corrected chi connectivity index (χ3v) is 5.01. The van der Waals surface area contributed by atoms with Gasteiger partial charge in [-0.1, -0.05) is 6.07 Å². The number of nitrogens with zero attached hydrogens (tertiary/aromatic N) is 1. The Bertz CT molecular complexity index is 638. The first-order chi connectivity index (χ1) is 11.9. The Morgan fingerprint density at radius 3 is 2.60 bits per heavy atom. The van der Waals surface area contributed by atoms with Crippen LogP contribution in [0, 0.1) is 5.92 Å². The van der Waals surface area contributed by atoms with Crippen molar-refractivity contribution in [3.05, 3.63) is 29.3 Å². The maximum atomic E-state index is 11.9. The smallest absolute Gasteiger partial charge is 0.407 e. The van der Waals surface area contributed by atoms with E-state index < -0.39 is 5.60 Å². The van der Waals surface area contributed by atoms with Crippen LogP contribution in [0.4, 0.5) is 10.5 Å². The van der Waals surface area contributed by atoms with Crippen molar-refractivity contribution in [1.29, 1.82) is 0 Å². The van der Waals surface area contributed by atoms with E-state index >= 15 is 0 Å². The summed E-state index contributed by atoms with van der Waals surface area (Å²) in [5.41, 5.74) is 3.60. The molecule has 0 atom stereocenters. The molecule has 2 aliphatic carbocycles. The van der Waals surface area contributed by atoms with E-state index in [0.717, 1.165) is 31.4 Å². The summed E-state index contributed by atoms with van der Waals surface area (Å²) >= 11 is 0. The van der Waals surface area contributed by atoms with E-state index in [9.17, 15) is 4.79 Å². The van der Waals surface area contributed by atoms with Crippen molar-refractivity contribution >= 4 is 18.0 Å². The van der Waals surface area contributed by atoms with Crippen molar-refractivity contribution in [3.63, 3.8) is 0 Å². The molecule has 0 heterocycles. The first-order valence-electron chi connectivity index (χ1n) is 9.54. The second-order valence-corrected chi connectivity index (χ2v) is 8.34. The van der Waals surface area contributed by atoms with Crippen molar-refractivity contribution in [2.45, 2.75) is 77.4 Å². The molecule has 0 aliphatic heterocycles. The Kier molecular flexibility index (Phi) is 5.45. The van der Waals surface area contributed by atoms with Gasteiger partial charge in [0.15, 0.2) is 0 Å². The van der Waals surface area contributed by atoms with E-state index in [4.69, 9.17) is 9.73 Å². The minimum absolute atomic E-state index is 0.222. The molecule has 4 nitrogen and oxygen atoms in total. The molecule has 0 unspecified atom stereocenters. The van der Waals surface area contributed by atoms with Crippen LogP contribution in [0.25, 0.3) is 0 Å². The molecule has 1 aromatic carbocycles. The molecule has 2 aliphatic rings. The van der Waals surface area contributed by atoms with Gasteiger partial charge in [0, 0.05) is 12.3 Å². The molecule has 1 amide bonds. The van der Waals surface area contributed by atoms with Gasteiger partial charge in [0.1, 0.15) is 5.60 Å². The molecule has 3 rings (SSSR count). The van der Waals surface area contributed by atoms with Crippen LogP contribution in [0.3, 0.4) is 0 Å². The largest absolute Gasteiger partial charge is 0.444 e. The maximum absolute atomic E-state index is 11.9. The Hall–Kier alpha value is -1.84. The van der Waals surface area contributed by atoms with Gasteiger partial charge >= 0.3 is 6.09 Å². The highest BCUT2D eigenvalue weighted by atomic mass is 16.6. The molecule has 0 saturated heterocycles.